The number of oxime groups is 1. The first-order valence-electron chi connectivity index (χ1n) is 16.2. The third-order valence-corrected chi connectivity index (χ3v) is 11.2. The monoisotopic (exact) mass is 714 g/mol. The van der Waals surface area contributed by atoms with Gasteiger partial charge >= 0.3 is 6.03 Å². The van der Waals surface area contributed by atoms with Crippen LogP contribution in [0, 0.1) is 5.92 Å². The zero-order valence-electron chi connectivity index (χ0n) is 28.1. The number of aliphatic hydroxyl groups is 1. The van der Waals surface area contributed by atoms with Crippen molar-refractivity contribution >= 4 is 39.5 Å². The minimum atomic E-state index is -3.88. The molecule has 3 aromatic rings. The van der Waals surface area contributed by atoms with Crippen molar-refractivity contribution in [1.29, 1.82) is 0 Å². The van der Waals surface area contributed by atoms with E-state index in [1.165, 1.54) is 45.8 Å². The standard InChI is InChI=1S/C34H46N6O7S2/c1-24(41)32(38-34(43)39(2)21-29-23-48-31(36-29)22-47-3)33(42)37-28(18-25-8-5-4-6-9-25)16-17-40(20-27-10-7-11-27)49(45,46)30-14-12-26(13-15-30)19-35-44/h4-6,8-9,12-15,19,23-24,27-28,32,41,44H,7,10-11,16-18,20-22H2,1-3H3,(H,37,42)(H,38,43)/b35-19+/t24-,28-,32-/m1/s1. The molecule has 1 saturated carbocycles. The van der Waals surface area contributed by atoms with E-state index in [4.69, 9.17) is 9.94 Å². The number of carbonyl (C=O) groups excluding carboxylic acids is 2. The lowest BCUT2D eigenvalue weighted by molar-refractivity contribution is -0.126. The van der Waals surface area contributed by atoms with E-state index in [2.05, 4.69) is 20.8 Å². The van der Waals surface area contributed by atoms with E-state index in [1.54, 1.807) is 26.3 Å². The predicted molar refractivity (Wildman–Crippen MR) is 187 cm³/mol. The molecule has 1 heterocycles. The third-order valence-electron chi connectivity index (χ3n) is 8.47. The lowest BCUT2D eigenvalue weighted by Crippen LogP contribution is -2.57. The molecule has 1 aliphatic rings. The Hall–Kier alpha value is -3.89. The van der Waals surface area contributed by atoms with Gasteiger partial charge in [0.1, 0.15) is 11.0 Å². The molecule has 0 saturated heterocycles. The van der Waals surface area contributed by atoms with Gasteiger partial charge in [0.25, 0.3) is 0 Å². The number of carbonyl (C=O) groups is 2. The molecule has 0 spiro atoms. The van der Waals surface area contributed by atoms with Crippen LogP contribution in [0.2, 0.25) is 0 Å². The Labute approximate surface area is 292 Å². The number of nitrogens with one attached hydrogen (secondary N) is 2. The van der Waals surface area contributed by atoms with Crippen LogP contribution >= 0.6 is 11.3 Å². The Bertz CT molecular complexity index is 1630. The van der Waals surface area contributed by atoms with Crippen molar-refractivity contribution in [3.63, 3.8) is 0 Å². The van der Waals surface area contributed by atoms with Crippen molar-refractivity contribution in [2.24, 2.45) is 11.1 Å². The molecule has 266 valence electrons. The molecule has 4 N–H and O–H groups in total. The number of hydrogen-bond acceptors (Lipinski definition) is 10. The van der Waals surface area contributed by atoms with Gasteiger partial charge in [-0.2, -0.15) is 4.31 Å². The second-order valence-corrected chi connectivity index (χ2v) is 15.2. The number of benzene rings is 2. The molecule has 3 atom stereocenters. The van der Waals surface area contributed by atoms with Crippen LogP contribution in [0.1, 0.15) is 54.4 Å². The molecule has 4 rings (SSSR count). The third kappa shape index (κ3) is 11.1. The summed E-state index contributed by atoms with van der Waals surface area (Å²) in [6.45, 7) is 2.49. The largest absolute Gasteiger partial charge is 0.411 e. The Kier molecular flexibility index (Phi) is 14.1. The minimum Gasteiger partial charge on any atom is -0.411 e. The molecule has 1 fully saturated rings. The van der Waals surface area contributed by atoms with Crippen LogP contribution in [0.5, 0.6) is 0 Å². The first-order valence-corrected chi connectivity index (χ1v) is 18.6. The lowest BCUT2D eigenvalue weighted by atomic mass is 9.85. The fraction of sp³-hybridized carbons (Fsp3) is 0.471. The fourth-order valence-electron chi connectivity index (χ4n) is 5.50. The molecule has 0 bridgehead atoms. The number of thiazole rings is 1. The van der Waals surface area contributed by atoms with Crippen LogP contribution < -0.4 is 10.6 Å². The highest BCUT2D eigenvalue weighted by molar-refractivity contribution is 7.89. The molecule has 0 radical (unpaired) electrons. The number of sulfonamides is 1. The number of nitrogens with zero attached hydrogens (tertiary/aromatic N) is 4. The number of hydrogen-bond donors (Lipinski definition) is 4. The van der Waals surface area contributed by atoms with E-state index >= 15 is 0 Å². The van der Waals surface area contributed by atoms with Gasteiger partial charge in [-0.15, -0.1) is 11.3 Å². The number of amides is 3. The van der Waals surface area contributed by atoms with E-state index < -0.39 is 40.1 Å². The van der Waals surface area contributed by atoms with E-state index in [9.17, 15) is 23.1 Å². The molecule has 13 nitrogen and oxygen atoms in total. The molecule has 3 amide bonds. The van der Waals surface area contributed by atoms with Crippen molar-refractivity contribution in [3.05, 3.63) is 81.8 Å². The molecular formula is C34H46N6O7S2. The lowest BCUT2D eigenvalue weighted by Gasteiger charge is -2.33. The van der Waals surface area contributed by atoms with E-state index in [-0.39, 0.29) is 30.3 Å². The second-order valence-electron chi connectivity index (χ2n) is 12.3. The van der Waals surface area contributed by atoms with Crippen LogP contribution in [0.4, 0.5) is 4.79 Å². The molecule has 2 aromatic carbocycles. The maximum Gasteiger partial charge on any atom is 0.318 e. The maximum absolute atomic E-state index is 13.9. The van der Waals surface area contributed by atoms with E-state index in [0.717, 1.165) is 29.8 Å². The SMILES string of the molecule is COCc1nc(CN(C)C(=O)N[C@@H](C(=O)N[C@H](CCN(CC2CCC2)S(=O)(=O)c2ccc(/C=N/O)cc2)Cc2ccccc2)[C@@H](C)O)cs1. The Morgan fingerprint density at radius 2 is 1.86 bits per heavy atom. The highest BCUT2D eigenvalue weighted by atomic mass is 32.2. The van der Waals surface area contributed by atoms with Gasteiger partial charge in [-0.05, 0) is 61.8 Å². The number of aromatic nitrogens is 1. The number of methoxy groups -OCH3 is 1. The highest BCUT2D eigenvalue weighted by Gasteiger charge is 2.32. The summed E-state index contributed by atoms with van der Waals surface area (Å²) in [5, 5.41) is 30.7. The van der Waals surface area contributed by atoms with E-state index in [1.807, 2.05) is 35.7 Å². The van der Waals surface area contributed by atoms with E-state index in [0.29, 0.717) is 30.8 Å². The molecule has 1 aliphatic carbocycles. The first kappa shape index (κ1) is 37.9. The summed E-state index contributed by atoms with van der Waals surface area (Å²) >= 11 is 1.42. The van der Waals surface area contributed by atoms with Gasteiger partial charge in [0.05, 0.1) is 36.1 Å². The van der Waals surface area contributed by atoms with Crippen LogP contribution in [0.25, 0.3) is 0 Å². The quantitative estimate of drug-likeness (QED) is 0.0879. The van der Waals surface area contributed by atoms with Crippen molar-refractivity contribution in [2.45, 2.75) is 75.3 Å². The first-order chi connectivity index (χ1) is 23.5. The summed E-state index contributed by atoms with van der Waals surface area (Å²) in [6, 6.07) is 13.3. The number of aliphatic hydroxyl groups excluding tert-OH is 1. The Morgan fingerprint density at radius 3 is 2.47 bits per heavy atom. The molecule has 49 heavy (non-hydrogen) atoms. The molecule has 0 aliphatic heterocycles. The van der Waals surface area contributed by atoms with Gasteiger partial charge in [-0.1, -0.05) is 54.0 Å². The van der Waals surface area contributed by atoms with Gasteiger partial charge in [0, 0.05) is 38.7 Å². The number of urea groups is 1. The summed E-state index contributed by atoms with van der Waals surface area (Å²) in [5.41, 5.74) is 2.17. The molecule has 0 unspecified atom stereocenters. The predicted octanol–water partition coefficient (Wildman–Crippen LogP) is 3.60. The summed E-state index contributed by atoms with van der Waals surface area (Å²) < 4.78 is 34.3. The summed E-state index contributed by atoms with van der Waals surface area (Å²) in [6.07, 6.45) is 3.66. The van der Waals surface area contributed by atoms with Crippen molar-refractivity contribution < 1.29 is 33.1 Å². The van der Waals surface area contributed by atoms with Crippen LogP contribution in [-0.4, -0.2) is 96.5 Å². The topological polar surface area (TPSA) is 174 Å². The van der Waals surface area contributed by atoms with Crippen molar-refractivity contribution in [3.8, 4) is 0 Å². The van der Waals surface area contributed by atoms with Crippen LogP contribution in [0.3, 0.4) is 0 Å². The van der Waals surface area contributed by atoms with Gasteiger partial charge in [-0.3, -0.25) is 4.79 Å². The summed E-state index contributed by atoms with van der Waals surface area (Å²) in [7, 11) is -0.730. The van der Waals surface area contributed by atoms with Crippen LogP contribution in [-0.2, 0) is 39.1 Å². The highest BCUT2D eigenvalue weighted by Crippen LogP contribution is 2.29. The Morgan fingerprint density at radius 1 is 1.14 bits per heavy atom. The zero-order chi connectivity index (χ0) is 35.4. The van der Waals surface area contributed by atoms with Crippen molar-refractivity contribution in [1.82, 2.24) is 24.8 Å². The van der Waals surface area contributed by atoms with Crippen molar-refractivity contribution in [2.75, 3.05) is 27.2 Å². The average molecular weight is 715 g/mol. The average Bonchev–Trinajstić information content (AvgIpc) is 3.49. The van der Waals surface area contributed by atoms with Gasteiger partial charge in [0.15, 0.2) is 0 Å². The molecule has 1 aromatic heterocycles. The summed E-state index contributed by atoms with van der Waals surface area (Å²) in [5.74, 6) is -0.330. The zero-order valence-corrected chi connectivity index (χ0v) is 29.7. The minimum absolute atomic E-state index is 0.124. The van der Waals surface area contributed by atoms with Gasteiger partial charge in [0.2, 0.25) is 15.9 Å². The number of rotatable bonds is 18. The van der Waals surface area contributed by atoms with Gasteiger partial charge < -0.3 is 30.6 Å². The second kappa shape index (κ2) is 18.2. The molecular weight excluding hydrogens is 669 g/mol. The maximum atomic E-state index is 13.9. The number of ether oxygens (including phenoxy) is 1. The summed E-state index contributed by atoms with van der Waals surface area (Å²) in [4.78, 5) is 32.7. The fourth-order valence-corrected chi connectivity index (χ4v) is 7.79. The normalized spacial score (nSPS) is 15.4. The van der Waals surface area contributed by atoms with Gasteiger partial charge in [-0.25, -0.2) is 18.2 Å². The van der Waals surface area contributed by atoms with Crippen LogP contribution in [0.15, 0.2) is 70.0 Å². The Balaban J connectivity index is 1.48. The smallest absolute Gasteiger partial charge is 0.318 e. The molecule has 15 heteroatoms.